The zero-order chi connectivity index (χ0) is 10.8. The van der Waals surface area contributed by atoms with Crippen LogP contribution in [0.25, 0.3) is 11.5 Å². The molecule has 0 radical (unpaired) electrons. The number of carbonyl (C=O) groups excluding carboxylic acids is 1. The minimum atomic E-state index is -0.463. The molecular formula is C11H11NO3. The fraction of sp³-hybridized carbons (Fsp3) is 0.182. The lowest BCUT2D eigenvalue weighted by Gasteiger charge is -1.98. The van der Waals surface area contributed by atoms with Crippen molar-refractivity contribution in [3.8, 4) is 11.5 Å². The third-order valence-electron chi connectivity index (χ3n) is 2.19. The molecule has 2 rings (SSSR count). The van der Waals surface area contributed by atoms with Gasteiger partial charge < -0.3 is 13.7 Å². The van der Waals surface area contributed by atoms with Crippen molar-refractivity contribution in [2.45, 2.75) is 0 Å². The van der Waals surface area contributed by atoms with Gasteiger partial charge in [0, 0.05) is 13.2 Å². The highest BCUT2D eigenvalue weighted by Gasteiger charge is 2.13. The van der Waals surface area contributed by atoms with E-state index >= 15 is 0 Å². The van der Waals surface area contributed by atoms with Crippen molar-refractivity contribution in [1.29, 1.82) is 0 Å². The van der Waals surface area contributed by atoms with Crippen LogP contribution in [-0.4, -0.2) is 17.6 Å². The van der Waals surface area contributed by atoms with Gasteiger partial charge in [-0.3, -0.25) is 0 Å². The van der Waals surface area contributed by atoms with Crippen molar-refractivity contribution < 1.29 is 13.9 Å². The Kier molecular flexibility index (Phi) is 2.33. The van der Waals surface area contributed by atoms with Gasteiger partial charge in [0.15, 0.2) is 5.76 Å². The van der Waals surface area contributed by atoms with E-state index in [4.69, 9.17) is 4.42 Å². The molecule has 0 N–H and O–H groups in total. The molecule has 0 fully saturated rings. The molecule has 0 amide bonds. The van der Waals surface area contributed by atoms with Crippen molar-refractivity contribution in [3.63, 3.8) is 0 Å². The molecule has 0 aliphatic carbocycles. The van der Waals surface area contributed by atoms with Gasteiger partial charge in [-0.2, -0.15) is 0 Å². The van der Waals surface area contributed by atoms with E-state index in [0.29, 0.717) is 5.76 Å². The van der Waals surface area contributed by atoms with Crippen LogP contribution in [0.5, 0.6) is 0 Å². The topological polar surface area (TPSA) is 44.4 Å². The molecule has 0 aliphatic heterocycles. The number of carbonyl (C=O) groups is 1. The van der Waals surface area contributed by atoms with Crippen LogP contribution in [-0.2, 0) is 11.8 Å². The molecule has 0 aliphatic rings. The van der Waals surface area contributed by atoms with Crippen molar-refractivity contribution in [2.24, 2.45) is 7.05 Å². The maximum atomic E-state index is 11.2. The maximum Gasteiger partial charge on any atom is 0.373 e. The monoisotopic (exact) mass is 205 g/mol. The molecule has 0 saturated heterocycles. The Morgan fingerprint density at radius 2 is 2.20 bits per heavy atom. The number of furan rings is 1. The van der Waals surface area contributed by atoms with Gasteiger partial charge in [0.05, 0.1) is 12.8 Å². The molecular weight excluding hydrogens is 194 g/mol. The van der Waals surface area contributed by atoms with Gasteiger partial charge in [-0.05, 0) is 24.3 Å². The van der Waals surface area contributed by atoms with Gasteiger partial charge >= 0.3 is 5.97 Å². The SMILES string of the molecule is COC(=O)c1ccc(-c2cccn2C)o1. The van der Waals surface area contributed by atoms with E-state index in [0.717, 1.165) is 5.69 Å². The van der Waals surface area contributed by atoms with Gasteiger partial charge in [0.1, 0.15) is 0 Å². The van der Waals surface area contributed by atoms with Crippen molar-refractivity contribution >= 4 is 5.97 Å². The highest BCUT2D eigenvalue weighted by molar-refractivity contribution is 5.86. The lowest BCUT2D eigenvalue weighted by molar-refractivity contribution is 0.0566. The zero-order valence-corrected chi connectivity index (χ0v) is 8.56. The molecule has 78 valence electrons. The minimum Gasteiger partial charge on any atom is -0.463 e. The summed E-state index contributed by atoms with van der Waals surface area (Å²) >= 11 is 0. The van der Waals surface area contributed by atoms with Gasteiger partial charge in [-0.25, -0.2) is 4.79 Å². The molecule has 0 saturated carbocycles. The minimum absolute atomic E-state index is 0.216. The third kappa shape index (κ3) is 1.66. The first kappa shape index (κ1) is 9.58. The van der Waals surface area contributed by atoms with Gasteiger partial charge in [-0.1, -0.05) is 0 Å². The third-order valence-corrected chi connectivity index (χ3v) is 2.19. The first-order valence-electron chi connectivity index (χ1n) is 4.52. The van der Waals surface area contributed by atoms with Crippen LogP contribution in [0.2, 0.25) is 0 Å². The summed E-state index contributed by atoms with van der Waals surface area (Å²) in [5.41, 5.74) is 0.921. The summed E-state index contributed by atoms with van der Waals surface area (Å²) in [5.74, 6) is 0.409. The summed E-state index contributed by atoms with van der Waals surface area (Å²) in [5, 5.41) is 0. The Balaban J connectivity index is 2.36. The standard InChI is InChI=1S/C11H11NO3/c1-12-7-3-4-8(12)9-5-6-10(15-9)11(13)14-2/h3-7H,1-2H3. The van der Waals surface area contributed by atoms with Crippen LogP contribution < -0.4 is 0 Å². The van der Waals surface area contributed by atoms with E-state index in [9.17, 15) is 4.79 Å². The highest BCUT2D eigenvalue weighted by atomic mass is 16.5. The summed E-state index contributed by atoms with van der Waals surface area (Å²) < 4.78 is 11.8. The molecule has 0 spiro atoms. The van der Waals surface area contributed by atoms with Gasteiger partial charge in [0.25, 0.3) is 0 Å². The van der Waals surface area contributed by atoms with Crippen LogP contribution in [0.1, 0.15) is 10.6 Å². The number of hydrogen-bond donors (Lipinski definition) is 0. The predicted octanol–water partition coefficient (Wildman–Crippen LogP) is 2.07. The first-order chi connectivity index (χ1) is 7.22. The zero-order valence-electron chi connectivity index (χ0n) is 8.56. The lowest BCUT2D eigenvalue weighted by Crippen LogP contribution is -1.98. The highest BCUT2D eigenvalue weighted by Crippen LogP contribution is 2.22. The molecule has 2 heterocycles. The van der Waals surface area contributed by atoms with E-state index in [-0.39, 0.29) is 5.76 Å². The molecule has 2 aromatic heterocycles. The molecule has 0 atom stereocenters. The normalized spacial score (nSPS) is 10.3. The van der Waals surface area contributed by atoms with E-state index in [1.807, 2.05) is 29.9 Å². The second-order valence-electron chi connectivity index (χ2n) is 3.16. The molecule has 15 heavy (non-hydrogen) atoms. The number of rotatable bonds is 2. The van der Waals surface area contributed by atoms with E-state index in [1.165, 1.54) is 7.11 Å². The van der Waals surface area contributed by atoms with Crippen LogP contribution >= 0.6 is 0 Å². The summed E-state index contributed by atoms with van der Waals surface area (Å²) in [6.07, 6.45) is 1.91. The average molecular weight is 205 g/mol. The van der Waals surface area contributed by atoms with Crippen molar-refractivity contribution in [3.05, 3.63) is 36.2 Å². The van der Waals surface area contributed by atoms with Crippen LogP contribution in [0.4, 0.5) is 0 Å². The number of hydrogen-bond acceptors (Lipinski definition) is 3. The summed E-state index contributed by atoms with van der Waals surface area (Å²) in [6.45, 7) is 0. The number of nitrogens with zero attached hydrogens (tertiary/aromatic N) is 1. The van der Waals surface area contributed by atoms with Crippen LogP contribution in [0.3, 0.4) is 0 Å². The fourth-order valence-corrected chi connectivity index (χ4v) is 1.40. The van der Waals surface area contributed by atoms with E-state index in [2.05, 4.69) is 4.74 Å². The lowest BCUT2D eigenvalue weighted by atomic mass is 10.3. The molecule has 0 aromatic carbocycles. The number of ether oxygens (including phenoxy) is 1. The largest absolute Gasteiger partial charge is 0.463 e. The Morgan fingerprint density at radius 1 is 1.40 bits per heavy atom. The first-order valence-corrected chi connectivity index (χ1v) is 4.52. The molecule has 2 aromatic rings. The van der Waals surface area contributed by atoms with Crippen LogP contribution in [0, 0.1) is 0 Å². The van der Waals surface area contributed by atoms with Crippen LogP contribution in [0.15, 0.2) is 34.9 Å². The van der Waals surface area contributed by atoms with Crippen molar-refractivity contribution in [2.75, 3.05) is 7.11 Å². The van der Waals surface area contributed by atoms with Gasteiger partial charge in [-0.15, -0.1) is 0 Å². The quantitative estimate of drug-likeness (QED) is 0.705. The summed E-state index contributed by atoms with van der Waals surface area (Å²) in [6, 6.07) is 7.19. The van der Waals surface area contributed by atoms with Gasteiger partial charge in [0.2, 0.25) is 5.76 Å². The summed E-state index contributed by atoms with van der Waals surface area (Å²) in [4.78, 5) is 11.2. The number of esters is 1. The maximum absolute atomic E-state index is 11.2. The Bertz CT molecular complexity index is 481. The predicted molar refractivity (Wildman–Crippen MR) is 54.5 cm³/mol. The summed E-state index contributed by atoms with van der Waals surface area (Å²) in [7, 11) is 3.24. The number of methoxy groups -OCH3 is 1. The fourth-order valence-electron chi connectivity index (χ4n) is 1.40. The Morgan fingerprint density at radius 3 is 2.80 bits per heavy atom. The van der Waals surface area contributed by atoms with E-state index in [1.54, 1.807) is 12.1 Å². The molecule has 0 bridgehead atoms. The Labute approximate surface area is 87.1 Å². The smallest absolute Gasteiger partial charge is 0.373 e. The molecule has 0 unspecified atom stereocenters. The van der Waals surface area contributed by atoms with E-state index < -0.39 is 5.97 Å². The Hall–Kier alpha value is -1.97. The number of aromatic nitrogens is 1. The molecule has 4 nitrogen and oxygen atoms in total. The molecule has 4 heteroatoms. The van der Waals surface area contributed by atoms with Crippen molar-refractivity contribution in [1.82, 2.24) is 4.57 Å². The average Bonchev–Trinajstić information content (AvgIpc) is 2.84. The second-order valence-corrected chi connectivity index (χ2v) is 3.16. The number of aryl methyl sites for hydroxylation is 1. The second kappa shape index (κ2) is 3.65.